The van der Waals surface area contributed by atoms with Crippen LogP contribution >= 0.6 is 0 Å². The fraction of sp³-hybridized carbons (Fsp3) is 0.364. The van der Waals surface area contributed by atoms with Crippen molar-refractivity contribution in [2.45, 2.75) is 25.3 Å². The lowest BCUT2D eigenvalue weighted by Crippen LogP contribution is -2.30. The van der Waals surface area contributed by atoms with Crippen LogP contribution in [-0.4, -0.2) is 24.7 Å². The predicted octanol–water partition coefficient (Wildman–Crippen LogP) is 4.84. The molecule has 6 heteroatoms. The normalized spacial score (nSPS) is 22.2. The molecule has 0 bridgehead atoms. The molecule has 2 aliphatic rings. The highest BCUT2D eigenvalue weighted by molar-refractivity contribution is 5.68. The first-order valence-electron chi connectivity index (χ1n) is 9.70. The van der Waals surface area contributed by atoms with E-state index in [-0.39, 0.29) is 28.5 Å². The van der Waals surface area contributed by atoms with Gasteiger partial charge >= 0.3 is 0 Å². The molecule has 1 aliphatic carbocycles. The zero-order chi connectivity index (χ0) is 19.5. The van der Waals surface area contributed by atoms with Gasteiger partial charge in [-0.2, -0.15) is 0 Å². The van der Waals surface area contributed by atoms with E-state index in [0.29, 0.717) is 19.8 Å². The largest absolute Gasteiger partial charge is 0.489 e. The molecule has 0 fully saturated rings. The Labute approximate surface area is 164 Å². The van der Waals surface area contributed by atoms with E-state index in [1.54, 1.807) is 12.1 Å². The van der Waals surface area contributed by atoms with Crippen LogP contribution in [0.25, 0.3) is 0 Å². The van der Waals surface area contributed by atoms with Crippen molar-refractivity contribution in [2.24, 2.45) is 5.92 Å². The number of para-hydroxylation sites is 2. The highest BCUT2D eigenvalue weighted by Gasteiger charge is 2.41. The molecule has 0 saturated carbocycles. The quantitative estimate of drug-likeness (QED) is 0.322. The lowest BCUT2D eigenvalue weighted by atomic mass is 9.76. The van der Waals surface area contributed by atoms with E-state index < -0.39 is 0 Å². The molecule has 0 radical (unpaired) electrons. The Morgan fingerprint density at radius 2 is 1.96 bits per heavy atom. The number of hydrogen-bond acceptors (Lipinski definition) is 5. The van der Waals surface area contributed by atoms with Crippen molar-refractivity contribution in [3.05, 3.63) is 75.9 Å². The van der Waals surface area contributed by atoms with E-state index >= 15 is 0 Å². The fourth-order valence-electron chi connectivity index (χ4n) is 4.29. The molecule has 1 aliphatic heterocycles. The molecule has 2 aromatic rings. The summed E-state index contributed by atoms with van der Waals surface area (Å²) in [7, 11) is 0. The maximum atomic E-state index is 11.6. The van der Waals surface area contributed by atoms with Gasteiger partial charge in [-0.3, -0.25) is 10.1 Å². The van der Waals surface area contributed by atoms with Crippen LogP contribution in [0.4, 0.5) is 11.4 Å². The zero-order valence-corrected chi connectivity index (χ0v) is 15.8. The standard InChI is InChI=1S/C22H24N2O4/c1-2-27-13-14-28-20-12-6-10-17-15-8-5-9-16(15)21(23-22(17)20)18-7-3-4-11-19(18)24(25)26/h3-8,10-12,15-16,21,23H,2,9,13-14H2,1H3. The first-order chi connectivity index (χ1) is 13.7. The van der Waals surface area contributed by atoms with Crippen LogP contribution in [0.3, 0.4) is 0 Å². The van der Waals surface area contributed by atoms with Gasteiger partial charge in [0, 0.05) is 18.6 Å². The van der Waals surface area contributed by atoms with Gasteiger partial charge in [0.1, 0.15) is 12.4 Å². The molecule has 0 amide bonds. The van der Waals surface area contributed by atoms with E-state index in [1.807, 2.05) is 31.2 Å². The van der Waals surface area contributed by atoms with Gasteiger partial charge in [-0.1, -0.05) is 42.5 Å². The van der Waals surface area contributed by atoms with Gasteiger partial charge in [-0.15, -0.1) is 0 Å². The number of nitro benzene ring substituents is 1. The van der Waals surface area contributed by atoms with Gasteiger partial charge in [0.05, 0.1) is 28.8 Å². The van der Waals surface area contributed by atoms with Crippen molar-refractivity contribution in [3.63, 3.8) is 0 Å². The molecular formula is C22H24N2O4. The van der Waals surface area contributed by atoms with Crippen LogP contribution in [-0.2, 0) is 4.74 Å². The van der Waals surface area contributed by atoms with Crippen LogP contribution in [0.2, 0.25) is 0 Å². The Morgan fingerprint density at radius 1 is 1.14 bits per heavy atom. The summed E-state index contributed by atoms with van der Waals surface area (Å²) in [5.74, 6) is 1.23. The van der Waals surface area contributed by atoms with Crippen LogP contribution in [0.15, 0.2) is 54.6 Å². The Hall–Kier alpha value is -2.86. The van der Waals surface area contributed by atoms with Crippen molar-refractivity contribution < 1.29 is 14.4 Å². The van der Waals surface area contributed by atoms with Crippen LogP contribution in [0, 0.1) is 16.0 Å². The molecule has 6 nitrogen and oxygen atoms in total. The summed E-state index contributed by atoms with van der Waals surface area (Å²) in [5, 5.41) is 15.2. The topological polar surface area (TPSA) is 73.6 Å². The molecule has 0 spiro atoms. The molecule has 146 valence electrons. The molecule has 1 N–H and O–H groups in total. The van der Waals surface area contributed by atoms with Gasteiger partial charge in [-0.25, -0.2) is 0 Å². The predicted molar refractivity (Wildman–Crippen MR) is 108 cm³/mol. The summed E-state index contributed by atoms with van der Waals surface area (Å²) in [6, 6.07) is 12.9. The van der Waals surface area contributed by atoms with Gasteiger partial charge in [-0.05, 0) is 30.9 Å². The summed E-state index contributed by atoms with van der Waals surface area (Å²) >= 11 is 0. The van der Waals surface area contributed by atoms with Crippen LogP contribution in [0.1, 0.15) is 36.4 Å². The van der Waals surface area contributed by atoms with E-state index in [9.17, 15) is 10.1 Å². The van der Waals surface area contributed by atoms with E-state index in [1.165, 1.54) is 5.56 Å². The molecular weight excluding hydrogens is 356 g/mol. The van der Waals surface area contributed by atoms with E-state index in [0.717, 1.165) is 23.4 Å². The molecule has 0 aromatic heterocycles. The van der Waals surface area contributed by atoms with Gasteiger partial charge < -0.3 is 14.8 Å². The zero-order valence-electron chi connectivity index (χ0n) is 15.8. The van der Waals surface area contributed by atoms with E-state index in [2.05, 4.69) is 23.5 Å². The Morgan fingerprint density at radius 3 is 2.79 bits per heavy atom. The van der Waals surface area contributed by atoms with Crippen molar-refractivity contribution >= 4 is 11.4 Å². The third-order valence-electron chi connectivity index (χ3n) is 5.52. The van der Waals surface area contributed by atoms with Crippen molar-refractivity contribution in [3.8, 4) is 5.75 Å². The molecule has 1 heterocycles. The number of allylic oxidation sites excluding steroid dienone is 2. The number of benzene rings is 2. The van der Waals surface area contributed by atoms with Crippen LogP contribution in [0.5, 0.6) is 5.75 Å². The summed E-state index contributed by atoms with van der Waals surface area (Å²) in [6.07, 6.45) is 5.29. The summed E-state index contributed by atoms with van der Waals surface area (Å²) < 4.78 is 11.3. The van der Waals surface area contributed by atoms with Crippen molar-refractivity contribution in [1.29, 1.82) is 0 Å². The minimum absolute atomic E-state index is 0.147. The number of fused-ring (bicyclic) bond motifs is 3. The first-order valence-corrected chi connectivity index (χ1v) is 9.70. The Balaban J connectivity index is 1.70. The Kier molecular flexibility index (Phi) is 5.30. The molecule has 2 aromatic carbocycles. The highest BCUT2D eigenvalue weighted by atomic mass is 16.6. The minimum Gasteiger partial charge on any atom is -0.489 e. The maximum absolute atomic E-state index is 11.6. The van der Waals surface area contributed by atoms with Gasteiger partial charge in [0.2, 0.25) is 0 Å². The second-order valence-corrected chi connectivity index (χ2v) is 7.06. The van der Waals surface area contributed by atoms with Gasteiger partial charge in [0.15, 0.2) is 0 Å². The summed E-state index contributed by atoms with van der Waals surface area (Å²) in [6.45, 7) is 3.60. The first kappa shape index (κ1) is 18.5. The minimum atomic E-state index is -0.297. The molecule has 0 saturated heterocycles. The fourth-order valence-corrected chi connectivity index (χ4v) is 4.29. The third kappa shape index (κ3) is 3.36. The lowest BCUT2D eigenvalue weighted by Gasteiger charge is -2.38. The number of nitro groups is 1. The SMILES string of the molecule is CCOCCOc1cccc2c1NC(c1ccccc1[N+](=O)[O-])C1CC=CC21. The molecule has 3 atom stereocenters. The number of nitrogens with zero attached hydrogens (tertiary/aromatic N) is 1. The highest BCUT2D eigenvalue weighted by Crippen LogP contribution is 2.53. The van der Waals surface area contributed by atoms with Crippen molar-refractivity contribution in [1.82, 2.24) is 0 Å². The smallest absolute Gasteiger partial charge is 0.274 e. The number of rotatable bonds is 7. The lowest BCUT2D eigenvalue weighted by molar-refractivity contribution is -0.385. The number of anilines is 1. The average Bonchev–Trinajstić information content (AvgIpc) is 3.21. The number of nitrogens with one attached hydrogen (secondary N) is 1. The van der Waals surface area contributed by atoms with Gasteiger partial charge in [0.25, 0.3) is 5.69 Å². The van der Waals surface area contributed by atoms with E-state index in [4.69, 9.17) is 9.47 Å². The van der Waals surface area contributed by atoms with Crippen LogP contribution < -0.4 is 10.1 Å². The average molecular weight is 380 g/mol. The number of ether oxygens (including phenoxy) is 2. The maximum Gasteiger partial charge on any atom is 0.274 e. The second kappa shape index (κ2) is 8.02. The third-order valence-corrected chi connectivity index (χ3v) is 5.52. The molecule has 28 heavy (non-hydrogen) atoms. The molecule has 4 rings (SSSR count). The van der Waals surface area contributed by atoms with Crippen molar-refractivity contribution in [2.75, 3.05) is 25.1 Å². The Bertz CT molecular complexity index is 896. The summed E-state index contributed by atoms with van der Waals surface area (Å²) in [5.41, 5.74) is 2.99. The monoisotopic (exact) mass is 380 g/mol. The molecule has 3 unspecified atom stereocenters. The second-order valence-electron chi connectivity index (χ2n) is 7.06. The summed E-state index contributed by atoms with van der Waals surface area (Å²) in [4.78, 5) is 11.3. The number of hydrogen-bond donors (Lipinski definition) is 1.